The first kappa shape index (κ1) is 14.0. The van der Waals surface area contributed by atoms with Crippen LogP contribution in [-0.2, 0) is 15.1 Å². The molecule has 1 aliphatic heterocycles. The number of carboxylic acids is 1. The fourth-order valence-corrected chi connectivity index (χ4v) is 2.27. The quantitative estimate of drug-likeness (QED) is 0.790. The number of amides is 3. The molecule has 106 valence electrons. The zero-order valence-corrected chi connectivity index (χ0v) is 11.2. The van der Waals surface area contributed by atoms with Crippen molar-refractivity contribution in [2.45, 2.75) is 31.8 Å². The summed E-state index contributed by atoms with van der Waals surface area (Å²) in [5.41, 5.74) is -0.769. The molecule has 2 heterocycles. The number of carbonyl (C=O) groups excluding carboxylic acids is 2. The molecule has 20 heavy (non-hydrogen) atoms. The summed E-state index contributed by atoms with van der Waals surface area (Å²) < 4.78 is 0. The van der Waals surface area contributed by atoms with E-state index in [-0.39, 0.29) is 6.42 Å². The monoisotopic (exact) mass is 277 g/mol. The van der Waals surface area contributed by atoms with Gasteiger partial charge >= 0.3 is 12.0 Å². The first-order chi connectivity index (χ1) is 9.41. The summed E-state index contributed by atoms with van der Waals surface area (Å²) >= 11 is 0. The zero-order chi connectivity index (χ0) is 14.9. The highest BCUT2D eigenvalue weighted by molar-refractivity contribution is 6.09. The third-order valence-electron chi connectivity index (χ3n) is 3.44. The van der Waals surface area contributed by atoms with Crippen LogP contribution in [0.2, 0.25) is 0 Å². The van der Waals surface area contributed by atoms with Gasteiger partial charge in [0.25, 0.3) is 5.91 Å². The molecule has 0 spiro atoms. The molecule has 7 heteroatoms. The third-order valence-corrected chi connectivity index (χ3v) is 3.44. The molecule has 0 bridgehead atoms. The van der Waals surface area contributed by atoms with E-state index in [0.717, 1.165) is 4.90 Å². The van der Waals surface area contributed by atoms with E-state index in [1.54, 1.807) is 32.2 Å². The Bertz CT molecular complexity index is 560. The van der Waals surface area contributed by atoms with Gasteiger partial charge in [-0.2, -0.15) is 0 Å². The second kappa shape index (κ2) is 4.92. The van der Waals surface area contributed by atoms with Gasteiger partial charge in [0.15, 0.2) is 0 Å². The molecule has 1 fully saturated rings. The van der Waals surface area contributed by atoms with Crippen LogP contribution in [0.5, 0.6) is 0 Å². The molecule has 0 aromatic carbocycles. The minimum Gasteiger partial charge on any atom is -0.480 e. The first-order valence-corrected chi connectivity index (χ1v) is 6.21. The van der Waals surface area contributed by atoms with E-state index in [9.17, 15) is 14.4 Å². The van der Waals surface area contributed by atoms with Crippen LogP contribution >= 0.6 is 0 Å². The molecule has 2 N–H and O–H groups in total. The van der Waals surface area contributed by atoms with E-state index >= 15 is 0 Å². The maximum Gasteiger partial charge on any atom is 0.326 e. The molecule has 0 aliphatic carbocycles. The van der Waals surface area contributed by atoms with Crippen LogP contribution in [0.3, 0.4) is 0 Å². The SMILES string of the molecule is CCC(C(=O)O)N1C(=O)NC(C)(c2cccnc2)C1=O. The maximum atomic E-state index is 12.5. The number of nitrogens with zero attached hydrogens (tertiary/aromatic N) is 2. The van der Waals surface area contributed by atoms with Gasteiger partial charge in [0, 0.05) is 18.0 Å². The van der Waals surface area contributed by atoms with Crippen LogP contribution in [0.25, 0.3) is 0 Å². The van der Waals surface area contributed by atoms with Gasteiger partial charge in [-0.05, 0) is 19.4 Å². The molecule has 3 amide bonds. The zero-order valence-electron chi connectivity index (χ0n) is 11.2. The fourth-order valence-electron chi connectivity index (χ4n) is 2.27. The Morgan fingerprint density at radius 1 is 1.55 bits per heavy atom. The number of carbonyl (C=O) groups is 3. The molecule has 2 atom stereocenters. The van der Waals surface area contributed by atoms with Crippen molar-refractivity contribution >= 4 is 17.9 Å². The van der Waals surface area contributed by atoms with Gasteiger partial charge in [-0.1, -0.05) is 13.0 Å². The topological polar surface area (TPSA) is 99.6 Å². The summed E-state index contributed by atoms with van der Waals surface area (Å²) in [6, 6.07) is 1.45. The molecule has 1 saturated heterocycles. The normalized spacial score (nSPS) is 23.6. The third kappa shape index (κ3) is 2.01. The predicted molar refractivity (Wildman–Crippen MR) is 68.7 cm³/mol. The van der Waals surface area contributed by atoms with Crippen LogP contribution in [0, 0.1) is 0 Å². The lowest BCUT2D eigenvalue weighted by Gasteiger charge is -2.24. The summed E-state index contributed by atoms with van der Waals surface area (Å²) in [6.07, 6.45) is 3.18. The van der Waals surface area contributed by atoms with Crippen LogP contribution < -0.4 is 5.32 Å². The number of aliphatic carboxylic acids is 1. The van der Waals surface area contributed by atoms with Crippen LogP contribution in [0.4, 0.5) is 4.79 Å². The van der Waals surface area contributed by atoms with Gasteiger partial charge in [-0.3, -0.25) is 9.78 Å². The van der Waals surface area contributed by atoms with E-state index in [1.165, 1.54) is 6.20 Å². The van der Waals surface area contributed by atoms with Crippen LogP contribution in [-0.4, -0.2) is 38.9 Å². The minimum absolute atomic E-state index is 0.150. The molecule has 2 rings (SSSR count). The highest BCUT2D eigenvalue weighted by Gasteiger charge is 2.52. The number of hydrogen-bond donors (Lipinski definition) is 2. The molecule has 2 unspecified atom stereocenters. The molecule has 0 radical (unpaired) electrons. The fraction of sp³-hybridized carbons (Fsp3) is 0.385. The van der Waals surface area contributed by atoms with Crippen molar-refractivity contribution in [3.63, 3.8) is 0 Å². The minimum atomic E-state index is -1.28. The number of aromatic nitrogens is 1. The number of rotatable bonds is 4. The maximum absolute atomic E-state index is 12.5. The van der Waals surface area contributed by atoms with Gasteiger partial charge in [0.2, 0.25) is 0 Å². The van der Waals surface area contributed by atoms with Crippen molar-refractivity contribution < 1.29 is 19.5 Å². The number of imide groups is 1. The summed E-state index contributed by atoms with van der Waals surface area (Å²) in [5, 5.41) is 11.7. The number of nitrogens with one attached hydrogen (secondary N) is 1. The van der Waals surface area contributed by atoms with E-state index in [2.05, 4.69) is 10.3 Å². The molecule has 1 aliphatic rings. The molecular formula is C13H15N3O4. The molecule has 1 aromatic rings. The van der Waals surface area contributed by atoms with Crippen molar-refractivity contribution in [2.75, 3.05) is 0 Å². The largest absolute Gasteiger partial charge is 0.480 e. The van der Waals surface area contributed by atoms with Crippen LogP contribution in [0.1, 0.15) is 25.8 Å². The Labute approximate surface area is 115 Å². The van der Waals surface area contributed by atoms with E-state index in [1.807, 2.05) is 0 Å². The van der Waals surface area contributed by atoms with E-state index in [0.29, 0.717) is 5.56 Å². The number of pyridine rings is 1. The molecule has 7 nitrogen and oxygen atoms in total. The van der Waals surface area contributed by atoms with E-state index in [4.69, 9.17) is 5.11 Å². The smallest absolute Gasteiger partial charge is 0.326 e. The van der Waals surface area contributed by atoms with Gasteiger partial charge in [0.1, 0.15) is 11.6 Å². The first-order valence-electron chi connectivity index (χ1n) is 6.21. The summed E-state index contributed by atoms with van der Waals surface area (Å²) in [4.78, 5) is 40.3. The molecule has 1 aromatic heterocycles. The molecule has 0 saturated carbocycles. The average molecular weight is 277 g/mol. The Hall–Kier alpha value is -2.44. The van der Waals surface area contributed by atoms with Crippen molar-refractivity contribution in [3.8, 4) is 0 Å². The number of hydrogen-bond acceptors (Lipinski definition) is 4. The Kier molecular flexibility index (Phi) is 3.44. The standard InChI is InChI=1S/C13H15N3O4/c1-3-9(10(17)18)16-11(19)13(2,15-12(16)20)8-5-4-6-14-7-8/h4-7,9H,3H2,1-2H3,(H,15,20)(H,17,18). The van der Waals surface area contributed by atoms with E-state index < -0.39 is 29.5 Å². The highest BCUT2D eigenvalue weighted by Crippen LogP contribution is 2.30. The number of urea groups is 1. The second-order valence-corrected chi connectivity index (χ2v) is 4.73. The number of carboxylic acid groups (broad SMARTS) is 1. The van der Waals surface area contributed by atoms with Gasteiger partial charge in [0.05, 0.1) is 0 Å². The van der Waals surface area contributed by atoms with Gasteiger partial charge in [-0.25, -0.2) is 14.5 Å². The average Bonchev–Trinajstić information content (AvgIpc) is 2.65. The Morgan fingerprint density at radius 2 is 2.25 bits per heavy atom. The predicted octanol–water partition coefficient (Wildman–Crippen LogP) is 0.712. The lowest BCUT2D eigenvalue weighted by Crippen LogP contribution is -2.46. The van der Waals surface area contributed by atoms with Crippen molar-refractivity contribution in [1.82, 2.24) is 15.2 Å². The second-order valence-electron chi connectivity index (χ2n) is 4.73. The van der Waals surface area contributed by atoms with Crippen molar-refractivity contribution in [1.29, 1.82) is 0 Å². The van der Waals surface area contributed by atoms with Crippen molar-refractivity contribution in [3.05, 3.63) is 30.1 Å². The Morgan fingerprint density at radius 3 is 2.75 bits per heavy atom. The highest BCUT2D eigenvalue weighted by atomic mass is 16.4. The van der Waals surface area contributed by atoms with Crippen molar-refractivity contribution in [2.24, 2.45) is 0 Å². The summed E-state index contributed by atoms with van der Waals surface area (Å²) in [7, 11) is 0. The van der Waals surface area contributed by atoms with Gasteiger partial charge in [-0.15, -0.1) is 0 Å². The molecular weight excluding hydrogens is 262 g/mol. The summed E-state index contributed by atoms with van der Waals surface area (Å²) in [6.45, 7) is 3.15. The van der Waals surface area contributed by atoms with Gasteiger partial charge < -0.3 is 10.4 Å². The van der Waals surface area contributed by atoms with Crippen LogP contribution in [0.15, 0.2) is 24.5 Å². The lowest BCUT2D eigenvalue weighted by atomic mass is 9.93. The Balaban J connectivity index is 2.41. The summed E-state index contributed by atoms with van der Waals surface area (Å²) in [5.74, 6) is -1.78. The lowest BCUT2D eigenvalue weighted by molar-refractivity contribution is -0.147.